The van der Waals surface area contributed by atoms with E-state index in [9.17, 15) is 9.59 Å². The summed E-state index contributed by atoms with van der Waals surface area (Å²) in [5, 5.41) is 3.32. The Bertz CT molecular complexity index is 749. The van der Waals surface area contributed by atoms with E-state index in [2.05, 4.69) is 5.32 Å². The van der Waals surface area contributed by atoms with Gasteiger partial charge in [-0.3, -0.25) is 9.59 Å². The quantitative estimate of drug-likeness (QED) is 0.823. The Balaban J connectivity index is 1.97. The molecule has 0 radical (unpaired) electrons. The molecule has 0 fully saturated rings. The van der Waals surface area contributed by atoms with Crippen molar-refractivity contribution < 1.29 is 14.3 Å². The fraction of sp³-hybridized carbons (Fsp3) is 0.263. The highest BCUT2D eigenvalue weighted by Gasteiger charge is 2.17. The molecule has 0 saturated carbocycles. The normalized spacial score (nSPS) is 10.2. The molecular weight excluding hydrogens is 340 g/mol. The van der Waals surface area contributed by atoms with Crippen molar-refractivity contribution in [2.75, 3.05) is 25.5 Å². The Labute approximate surface area is 152 Å². The third kappa shape index (κ3) is 5.50. The molecule has 0 aromatic heterocycles. The van der Waals surface area contributed by atoms with Gasteiger partial charge in [0, 0.05) is 23.3 Å². The van der Waals surface area contributed by atoms with Gasteiger partial charge in [0.2, 0.25) is 11.8 Å². The zero-order valence-electron chi connectivity index (χ0n) is 14.3. The summed E-state index contributed by atoms with van der Waals surface area (Å²) < 4.78 is 5.13. The second kappa shape index (κ2) is 9.08. The lowest BCUT2D eigenvalue weighted by molar-refractivity contribution is -0.133. The SMILES string of the molecule is CCN(CC(=O)Nc1cccc(OC)c1)C(=O)Cc1ccccc1Cl. The van der Waals surface area contributed by atoms with E-state index in [1.165, 1.54) is 4.90 Å². The van der Waals surface area contributed by atoms with Crippen molar-refractivity contribution in [2.24, 2.45) is 0 Å². The number of methoxy groups -OCH3 is 1. The summed E-state index contributed by atoms with van der Waals surface area (Å²) in [4.78, 5) is 26.2. The predicted octanol–water partition coefficient (Wildman–Crippen LogP) is 3.38. The highest BCUT2D eigenvalue weighted by Crippen LogP contribution is 2.18. The van der Waals surface area contributed by atoms with Crippen molar-refractivity contribution in [3.8, 4) is 5.75 Å². The highest BCUT2D eigenvalue weighted by molar-refractivity contribution is 6.31. The van der Waals surface area contributed by atoms with Crippen LogP contribution >= 0.6 is 11.6 Å². The van der Waals surface area contributed by atoms with Crippen LogP contribution < -0.4 is 10.1 Å². The van der Waals surface area contributed by atoms with Gasteiger partial charge in [-0.1, -0.05) is 35.9 Å². The number of rotatable bonds is 7. The molecule has 0 bridgehead atoms. The van der Waals surface area contributed by atoms with Crippen LogP contribution in [0.1, 0.15) is 12.5 Å². The van der Waals surface area contributed by atoms with Gasteiger partial charge < -0.3 is 15.0 Å². The monoisotopic (exact) mass is 360 g/mol. The number of amides is 2. The van der Waals surface area contributed by atoms with Crippen LogP contribution in [0.15, 0.2) is 48.5 Å². The Morgan fingerprint density at radius 3 is 2.60 bits per heavy atom. The van der Waals surface area contributed by atoms with Crippen molar-refractivity contribution in [1.82, 2.24) is 4.90 Å². The number of likely N-dealkylation sites (N-methyl/N-ethyl adjacent to an activating group) is 1. The highest BCUT2D eigenvalue weighted by atomic mass is 35.5. The van der Waals surface area contributed by atoms with Gasteiger partial charge in [0.15, 0.2) is 0 Å². The lowest BCUT2D eigenvalue weighted by Crippen LogP contribution is -2.38. The van der Waals surface area contributed by atoms with Crippen LogP contribution in [-0.2, 0) is 16.0 Å². The van der Waals surface area contributed by atoms with Crippen LogP contribution in [0.4, 0.5) is 5.69 Å². The average Bonchev–Trinajstić information content (AvgIpc) is 2.61. The molecule has 0 saturated heterocycles. The molecule has 2 rings (SSSR count). The molecule has 0 aliphatic carbocycles. The van der Waals surface area contributed by atoms with Gasteiger partial charge in [0.25, 0.3) is 0 Å². The number of nitrogens with zero attached hydrogens (tertiary/aromatic N) is 1. The second-order valence-electron chi connectivity index (χ2n) is 5.46. The molecule has 0 atom stereocenters. The zero-order valence-corrected chi connectivity index (χ0v) is 15.0. The number of hydrogen-bond donors (Lipinski definition) is 1. The summed E-state index contributed by atoms with van der Waals surface area (Å²) in [7, 11) is 1.56. The van der Waals surface area contributed by atoms with Crippen LogP contribution in [0, 0.1) is 0 Å². The molecule has 0 unspecified atom stereocenters. The summed E-state index contributed by atoms with van der Waals surface area (Å²) in [6.07, 6.45) is 0.167. The van der Waals surface area contributed by atoms with Crippen LogP contribution in [0.25, 0.3) is 0 Å². The minimum Gasteiger partial charge on any atom is -0.497 e. The molecule has 1 N–H and O–H groups in total. The van der Waals surface area contributed by atoms with Gasteiger partial charge in [0.05, 0.1) is 20.1 Å². The van der Waals surface area contributed by atoms with Crippen LogP contribution in [0.2, 0.25) is 5.02 Å². The van der Waals surface area contributed by atoms with Crippen LogP contribution in [0.3, 0.4) is 0 Å². The Morgan fingerprint density at radius 1 is 1.16 bits per heavy atom. The molecule has 0 aliphatic rings. The standard InChI is InChI=1S/C19H21ClN2O3/c1-3-22(19(24)11-14-7-4-5-10-17(14)20)13-18(23)21-15-8-6-9-16(12-15)25-2/h4-10,12H,3,11,13H2,1-2H3,(H,21,23). The molecule has 0 aliphatic heterocycles. The van der Waals surface area contributed by atoms with Crippen molar-refractivity contribution >= 4 is 29.1 Å². The van der Waals surface area contributed by atoms with E-state index in [0.29, 0.717) is 23.0 Å². The Kier molecular flexibility index (Phi) is 6.83. The van der Waals surface area contributed by atoms with Crippen LogP contribution in [-0.4, -0.2) is 36.9 Å². The van der Waals surface area contributed by atoms with E-state index < -0.39 is 0 Å². The maximum absolute atomic E-state index is 12.5. The van der Waals surface area contributed by atoms with Gasteiger partial charge in [-0.05, 0) is 30.7 Å². The minimum absolute atomic E-state index is 0.0169. The molecule has 2 amide bonds. The smallest absolute Gasteiger partial charge is 0.243 e. The number of halogens is 1. The molecule has 0 spiro atoms. The maximum atomic E-state index is 12.5. The van der Waals surface area contributed by atoms with Crippen molar-refractivity contribution in [1.29, 1.82) is 0 Å². The fourth-order valence-electron chi connectivity index (χ4n) is 2.37. The van der Waals surface area contributed by atoms with Crippen LogP contribution in [0.5, 0.6) is 5.75 Å². The molecular formula is C19H21ClN2O3. The summed E-state index contributed by atoms with van der Waals surface area (Å²) in [5.41, 5.74) is 1.37. The largest absolute Gasteiger partial charge is 0.497 e. The third-order valence-corrected chi connectivity index (χ3v) is 4.09. The van der Waals surface area contributed by atoms with E-state index >= 15 is 0 Å². The molecule has 132 valence electrons. The number of nitrogens with one attached hydrogen (secondary N) is 1. The van der Waals surface area contributed by atoms with E-state index in [1.54, 1.807) is 37.4 Å². The Morgan fingerprint density at radius 2 is 1.92 bits per heavy atom. The van der Waals surface area contributed by atoms with Gasteiger partial charge in [0.1, 0.15) is 5.75 Å². The molecule has 5 nitrogen and oxygen atoms in total. The van der Waals surface area contributed by atoms with Crippen molar-refractivity contribution in [3.63, 3.8) is 0 Å². The predicted molar refractivity (Wildman–Crippen MR) is 99.0 cm³/mol. The van der Waals surface area contributed by atoms with Gasteiger partial charge >= 0.3 is 0 Å². The average molecular weight is 361 g/mol. The lowest BCUT2D eigenvalue weighted by atomic mass is 10.1. The first-order valence-corrected chi connectivity index (χ1v) is 8.36. The van der Waals surface area contributed by atoms with Crippen molar-refractivity contribution in [3.05, 3.63) is 59.1 Å². The minimum atomic E-state index is -0.261. The number of carbonyl (C=O) groups is 2. The van der Waals surface area contributed by atoms with Gasteiger partial charge in [-0.15, -0.1) is 0 Å². The zero-order chi connectivity index (χ0) is 18.2. The first kappa shape index (κ1) is 18.8. The van der Waals surface area contributed by atoms with E-state index in [-0.39, 0.29) is 24.8 Å². The molecule has 2 aromatic rings. The summed E-state index contributed by atoms with van der Waals surface area (Å²) in [6, 6.07) is 14.3. The van der Waals surface area contributed by atoms with Gasteiger partial charge in [-0.25, -0.2) is 0 Å². The number of carbonyl (C=O) groups excluding carboxylic acids is 2. The number of ether oxygens (including phenoxy) is 1. The first-order chi connectivity index (χ1) is 12.0. The topological polar surface area (TPSA) is 58.6 Å². The number of anilines is 1. The maximum Gasteiger partial charge on any atom is 0.243 e. The molecule has 0 heterocycles. The summed E-state index contributed by atoms with van der Waals surface area (Å²) in [5.74, 6) is 0.249. The lowest BCUT2D eigenvalue weighted by Gasteiger charge is -2.20. The third-order valence-electron chi connectivity index (χ3n) is 3.72. The molecule has 2 aromatic carbocycles. The summed E-state index contributed by atoms with van der Waals surface area (Å²) in [6.45, 7) is 2.26. The first-order valence-electron chi connectivity index (χ1n) is 7.98. The second-order valence-corrected chi connectivity index (χ2v) is 5.86. The van der Waals surface area contributed by atoms with E-state index in [4.69, 9.17) is 16.3 Å². The van der Waals surface area contributed by atoms with Gasteiger partial charge in [-0.2, -0.15) is 0 Å². The number of benzene rings is 2. The number of hydrogen-bond acceptors (Lipinski definition) is 3. The molecule has 6 heteroatoms. The molecule has 25 heavy (non-hydrogen) atoms. The Hall–Kier alpha value is -2.53. The fourth-order valence-corrected chi connectivity index (χ4v) is 2.57. The van der Waals surface area contributed by atoms with E-state index in [0.717, 1.165) is 5.56 Å². The summed E-state index contributed by atoms with van der Waals surface area (Å²) >= 11 is 6.10. The van der Waals surface area contributed by atoms with Crippen molar-refractivity contribution in [2.45, 2.75) is 13.3 Å². The van der Waals surface area contributed by atoms with E-state index in [1.807, 2.05) is 25.1 Å².